The summed E-state index contributed by atoms with van der Waals surface area (Å²) in [4.78, 5) is 0. The number of rotatable bonds is 5. The molecule has 96 valence electrons. The molecule has 0 aromatic heterocycles. The molecule has 0 aromatic carbocycles. The average Bonchev–Trinajstić information content (AvgIpc) is 2.57. The zero-order valence-corrected chi connectivity index (χ0v) is 11.7. The molecule has 0 amide bonds. The Kier molecular flexibility index (Phi) is 4.80. The van der Waals surface area contributed by atoms with E-state index < -0.39 is 9.84 Å². The lowest BCUT2D eigenvalue weighted by molar-refractivity contribution is 0.424. The molecule has 0 aliphatic heterocycles. The van der Waals surface area contributed by atoms with Crippen LogP contribution >= 0.6 is 0 Å². The first-order valence-corrected chi connectivity index (χ1v) is 7.98. The molecular weight excluding hydrogens is 222 g/mol. The summed E-state index contributed by atoms with van der Waals surface area (Å²) in [6, 6.07) is 0.387. The van der Waals surface area contributed by atoms with E-state index in [1.165, 1.54) is 0 Å². The standard InChI is InChI=1S/C12H25NO2S/c1-5-8-13-11-6-7-12(10(11)4)16(14,15)9(2)3/h9-13H,5-8H2,1-4H3. The summed E-state index contributed by atoms with van der Waals surface area (Å²) in [5.41, 5.74) is 0. The van der Waals surface area contributed by atoms with Crippen molar-refractivity contribution < 1.29 is 8.42 Å². The molecule has 1 aliphatic rings. The molecule has 1 rings (SSSR count). The van der Waals surface area contributed by atoms with Gasteiger partial charge in [-0.2, -0.15) is 0 Å². The molecule has 1 N–H and O–H groups in total. The van der Waals surface area contributed by atoms with Gasteiger partial charge < -0.3 is 5.32 Å². The third kappa shape index (κ3) is 2.77. The van der Waals surface area contributed by atoms with E-state index in [4.69, 9.17) is 0 Å². The fraction of sp³-hybridized carbons (Fsp3) is 1.00. The van der Waals surface area contributed by atoms with Gasteiger partial charge in [0, 0.05) is 6.04 Å². The van der Waals surface area contributed by atoms with Gasteiger partial charge in [0.2, 0.25) is 0 Å². The van der Waals surface area contributed by atoms with Crippen LogP contribution in [0.1, 0.15) is 47.0 Å². The van der Waals surface area contributed by atoms with Crippen LogP contribution in [-0.2, 0) is 9.84 Å². The van der Waals surface area contributed by atoms with Gasteiger partial charge in [-0.15, -0.1) is 0 Å². The summed E-state index contributed by atoms with van der Waals surface area (Å²) in [7, 11) is -2.92. The Hall–Kier alpha value is -0.0900. The average molecular weight is 247 g/mol. The Bertz CT molecular complexity index is 311. The second-order valence-electron chi connectivity index (χ2n) is 5.17. The van der Waals surface area contributed by atoms with Gasteiger partial charge in [-0.05, 0) is 45.6 Å². The maximum absolute atomic E-state index is 12.1. The van der Waals surface area contributed by atoms with Gasteiger partial charge in [-0.1, -0.05) is 13.8 Å². The van der Waals surface area contributed by atoms with Gasteiger partial charge in [0.05, 0.1) is 10.5 Å². The fourth-order valence-electron chi connectivity index (χ4n) is 2.56. The number of nitrogens with one attached hydrogen (secondary N) is 1. The molecule has 0 aromatic rings. The predicted molar refractivity (Wildman–Crippen MR) is 68.3 cm³/mol. The summed E-state index contributed by atoms with van der Waals surface area (Å²) in [5.74, 6) is 0.249. The van der Waals surface area contributed by atoms with Crippen LogP contribution in [0, 0.1) is 5.92 Å². The molecule has 0 spiro atoms. The molecule has 0 saturated heterocycles. The molecular formula is C12H25NO2S. The van der Waals surface area contributed by atoms with Crippen LogP contribution in [-0.4, -0.2) is 31.5 Å². The van der Waals surface area contributed by atoms with Crippen molar-refractivity contribution in [3.63, 3.8) is 0 Å². The van der Waals surface area contributed by atoms with E-state index in [1.807, 2.05) is 0 Å². The van der Waals surface area contributed by atoms with Crippen LogP contribution in [0.2, 0.25) is 0 Å². The molecule has 3 atom stereocenters. The first kappa shape index (κ1) is 14.0. The quantitative estimate of drug-likeness (QED) is 0.808. The zero-order chi connectivity index (χ0) is 12.3. The topological polar surface area (TPSA) is 46.2 Å². The van der Waals surface area contributed by atoms with Crippen LogP contribution < -0.4 is 5.32 Å². The van der Waals surface area contributed by atoms with Gasteiger partial charge in [0.15, 0.2) is 9.84 Å². The van der Waals surface area contributed by atoms with Gasteiger partial charge in [-0.25, -0.2) is 8.42 Å². The normalized spacial score (nSPS) is 31.2. The van der Waals surface area contributed by atoms with Crippen molar-refractivity contribution in [2.24, 2.45) is 5.92 Å². The van der Waals surface area contributed by atoms with Crippen LogP contribution in [0.4, 0.5) is 0 Å². The first-order valence-electron chi connectivity index (χ1n) is 6.37. The van der Waals surface area contributed by atoms with Crippen molar-refractivity contribution in [1.29, 1.82) is 0 Å². The summed E-state index contributed by atoms with van der Waals surface area (Å²) in [5, 5.41) is 3.07. The summed E-state index contributed by atoms with van der Waals surface area (Å²) >= 11 is 0. The van der Waals surface area contributed by atoms with Gasteiger partial charge >= 0.3 is 0 Å². The summed E-state index contributed by atoms with van der Waals surface area (Å²) in [6.07, 6.45) is 2.92. The minimum absolute atomic E-state index is 0.137. The lowest BCUT2D eigenvalue weighted by Crippen LogP contribution is -2.38. The highest BCUT2D eigenvalue weighted by Gasteiger charge is 2.41. The maximum atomic E-state index is 12.1. The molecule has 0 bridgehead atoms. The van der Waals surface area contributed by atoms with Crippen LogP contribution in [0.25, 0.3) is 0 Å². The number of hydrogen-bond donors (Lipinski definition) is 1. The van der Waals surface area contributed by atoms with Crippen LogP contribution in [0.3, 0.4) is 0 Å². The SMILES string of the molecule is CCCNC1CCC(S(=O)(=O)C(C)C)C1C. The van der Waals surface area contributed by atoms with Crippen molar-refractivity contribution >= 4 is 9.84 Å². The second-order valence-corrected chi connectivity index (χ2v) is 7.90. The summed E-state index contributed by atoms with van der Waals surface area (Å²) in [6.45, 7) is 8.77. The molecule has 1 saturated carbocycles. The van der Waals surface area contributed by atoms with Gasteiger partial charge in [0.1, 0.15) is 0 Å². The molecule has 16 heavy (non-hydrogen) atoms. The Labute approximate surface area is 99.9 Å². The van der Waals surface area contributed by atoms with E-state index in [0.717, 1.165) is 25.8 Å². The lowest BCUT2D eigenvalue weighted by Gasteiger charge is -2.23. The minimum Gasteiger partial charge on any atom is -0.314 e. The number of sulfone groups is 1. The number of hydrogen-bond acceptors (Lipinski definition) is 3. The highest BCUT2D eigenvalue weighted by Crippen LogP contribution is 2.33. The zero-order valence-electron chi connectivity index (χ0n) is 10.9. The molecule has 1 aliphatic carbocycles. The minimum atomic E-state index is -2.92. The third-order valence-electron chi connectivity index (χ3n) is 3.72. The highest BCUT2D eigenvalue weighted by atomic mass is 32.2. The lowest BCUT2D eigenvalue weighted by atomic mass is 10.1. The molecule has 0 heterocycles. The largest absolute Gasteiger partial charge is 0.314 e. The Morgan fingerprint density at radius 2 is 1.94 bits per heavy atom. The Morgan fingerprint density at radius 1 is 1.31 bits per heavy atom. The van der Waals surface area contributed by atoms with Crippen molar-refractivity contribution in [3.05, 3.63) is 0 Å². The van der Waals surface area contributed by atoms with E-state index in [0.29, 0.717) is 6.04 Å². The van der Waals surface area contributed by atoms with Crippen molar-refractivity contribution in [2.45, 2.75) is 63.5 Å². The second kappa shape index (κ2) is 5.50. The molecule has 0 radical (unpaired) electrons. The molecule has 3 unspecified atom stereocenters. The van der Waals surface area contributed by atoms with Crippen molar-refractivity contribution in [3.8, 4) is 0 Å². The predicted octanol–water partition coefficient (Wildman–Crippen LogP) is 1.98. The van der Waals surface area contributed by atoms with E-state index in [2.05, 4.69) is 19.2 Å². The molecule has 4 heteroatoms. The Morgan fingerprint density at radius 3 is 2.44 bits per heavy atom. The maximum Gasteiger partial charge on any atom is 0.155 e. The van der Waals surface area contributed by atoms with Crippen LogP contribution in [0.5, 0.6) is 0 Å². The van der Waals surface area contributed by atoms with E-state index >= 15 is 0 Å². The van der Waals surface area contributed by atoms with E-state index in [1.54, 1.807) is 13.8 Å². The fourth-order valence-corrected chi connectivity index (χ4v) is 4.51. The van der Waals surface area contributed by atoms with Gasteiger partial charge in [0.25, 0.3) is 0 Å². The summed E-state index contributed by atoms with van der Waals surface area (Å²) < 4.78 is 24.3. The third-order valence-corrected chi connectivity index (χ3v) is 6.54. The van der Waals surface area contributed by atoms with Crippen LogP contribution in [0.15, 0.2) is 0 Å². The van der Waals surface area contributed by atoms with Gasteiger partial charge in [-0.3, -0.25) is 0 Å². The first-order chi connectivity index (χ1) is 7.41. The van der Waals surface area contributed by atoms with E-state index in [9.17, 15) is 8.42 Å². The monoisotopic (exact) mass is 247 g/mol. The highest BCUT2D eigenvalue weighted by molar-refractivity contribution is 7.92. The van der Waals surface area contributed by atoms with Crippen molar-refractivity contribution in [2.75, 3.05) is 6.54 Å². The van der Waals surface area contributed by atoms with Crippen molar-refractivity contribution in [1.82, 2.24) is 5.32 Å². The Balaban J connectivity index is 2.67. The molecule has 3 nitrogen and oxygen atoms in total. The van der Waals surface area contributed by atoms with E-state index in [-0.39, 0.29) is 16.4 Å². The smallest absolute Gasteiger partial charge is 0.155 e. The molecule has 1 fully saturated rings.